The van der Waals surface area contributed by atoms with Gasteiger partial charge in [0.15, 0.2) is 0 Å². The van der Waals surface area contributed by atoms with Crippen molar-refractivity contribution < 1.29 is 14.2 Å². The number of benzene rings is 3. The van der Waals surface area contributed by atoms with E-state index in [9.17, 15) is 9.50 Å². The van der Waals surface area contributed by atoms with Crippen LogP contribution >= 0.6 is 11.8 Å². The quantitative estimate of drug-likeness (QED) is 0.324. The van der Waals surface area contributed by atoms with Crippen LogP contribution in [-0.2, 0) is 6.42 Å². The molecule has 204 valence electrons. The molecule has 0 amide bonds. The molecule has 39 heavy (non-hydrogen) atoms. The van der Waals surface area contributed by atoms with Crippen LogP contribution in [0.1, 0.15) is 55.4 Å². The Morgan fingerprint density at radius 3 is 2.72 bits per heavy atom. The van der Waals surface area contributed by atoms with Gasteiger partial charge in [-0.05, 0) is 115 Å². The van der Waals surface area contributed by atoms with Gasteiger partial charge < -0.3 is 15.2 Å². The number of phenols is 1. The number of nitrogens with one attached hydrogen (secondary N) is 1. The molecule has 1 saturated heterocycles. The first-order chi connectivity index (χ1) is 18.9. The Morgan fingerprint density at radius 1 is 1.08 bits per heavy atom. The van der Waals surface area contributed by atoms with Crippen LogP contribution in [0.3, 0.4) is 0 Å². The highest BCUT2D eigenvalue weighted by Gasteiger charge is 2.29. The summed E-state index contributed by atoms with van der Waals surface area (Å²) in [6.45, 7) is 6.86. The monoisotopic (exact) mass is 544 g/mol. The van der Waals surface area contributed by atoms with Crippen molar-refractivity contribution in [2.24, 2.45) is 0 Å². The lowest BCUT2D eigenvalue weighted by Gasteiger charge is -2.19. The van der Waals surface area contributed by atoms with Crippen LogP contribution in [-0.4, -0.2) is 53.7 Å². The largest absolute Gasteiger partial charge is 0.508 e. The fourth-order valence-electron chi connectivity index (χ4n) is 6.21. The average Bonchev–Trinajstić information content (AvgIpc) is 3.43. The molecule has 0 unspecified atom stereocenters. The van der Waals surface area contributed by atoms with Crippen molar-refractivity contribution in [1.29, 1.82) is 0 Å². The molecule has 0 radical (unpaired) electrons. The Hall–Kier alpha value is -2.96. The lowest BCUT2D eigenvalue weighted by molar-refractivity contribution is 0.198. The molecule has 0 aromatic heterocycles. The summed E-state index contributed by atoms with van der Waals surface area (Å²) in [7, 11) is 0. The van der Waals surface area contributed by atoms with E-state index in [1.807, 2.05) is 17.8 Å². The van der Waals surface area contributed by atoms with Gasteiger partial charge in [-0.25, -0.2) is 0 Å². The zero-order valence-corrected chi connectivity index (χ0v) is 23.6. The summed E-state index contributed by atoms with van der Waals surface area (Å²) in [5, 5.41) is 13.9. The first-order valence-corrected chi connectivity index (χ1v) is 15.0. The molecule has 3 aromatic carbocycles. The number of nitrogens with zero attached hydrogens (tertiary/aromatic N) is 1. The minimum absolute atomic E-state index is 0.0705. The molecule has 0 bridgehead atoms. The Kier molecular flexibility index (Phi) is 7.34. The molecular weight excluding hydrogens is 507 g/mol. The molecule has 3 aliphatic heterocycles. The third kappa shape index (κ3) is 5.68. The first kappa shape index (κ1) is 26.3. The van der Waals surface area contributed by atoms with E-state index in [0.717, 1.165) is 66.4 Å². The van der Waals surface area contributed by atoms with Crippen LogP contribution in [0.25, 0.3) is 11.1 Å². The van der Waals surface area contributed by atoms with Crippen LogP contribution in [0.2, 0.25) is 0 Å². The van der Waals surface area contributed by atoms with Crippen LogP contribution in [0.5, 0.6) is 11.5 Å². The number of hydrogen-bond donors (Lipinski definition) is 2. The highest BCUT2D eigenvalue weighted by molar-refractivity contribution is 7.99. The predicted molar refractivity (Wildman–Crippen MR) is 160 cm³/mol. The lowest BCUT2D eigenvalue weighted by Crippen LogP contribution is -2.26. The number of anilines is 1. The third-order valence-corrected chi connectivity index (χ3v) is 9.04. The van der Waals surface area contributed by atoms with Crippen molar-refractivity contribution in [2.45, 2.75) is 56.1 Å². The predicted octanol–water partition coefficient (Wildman–Crippen LogP) is 7.41. The summed E-state index contributed by atoms with van der Waals surface area (Å²) >= 11 is 1.81. The van der Waals surface area contributed by atoms with E-state index in [1.165, 1.54) is 28.0 Å². The van der Waals surface area contributed by atoms with E-state index in [2.05, 4.69) is 72.6 Å². The van der Waals surface area contributed by atoms with Crippen LogP contribution in [0, 0.1) is 0 Å². The van der Waals surface area contributed by atoms with Crippen molar-refractivity contribution in [1.82, 2.24) is 4.90 Å². The SMILES string of the molecule is CC1(C)Cc2cc(C3=C(c4ccc(O[C@H]5CCN(CCCF)C5)cc4)c4ccc(O)cc4SCC3)ccc2N1. The number of thioether (sulfide) groups is 1. The molecule has 4 nitrogen and oxygen atoms in total. The number of alkyl halides is 1. The summed E-state index contributed by atoms with van der Waals surface area (Å²) in [4.78, 5) is 3.40. The number of hydrogen-bond acceptors (Lipinski definition) is 5. The summed E-state index contributed by atoms with van der Waals surface area (Å²) in [6, 6.07) is 21.1. The molecule has 0 aliphatic carbocycles. The number of allylic oxidation sites excluding steroid dienone is 1. The minimum Gasteiger partial charge on any atom is -0.508 e. The van der Waals surface area contributed by atoms with Gasteiger partial charge in [0.05, 0.1) is 6.67 Å². The Bertz CT molecular complexity index is 1380. The zero-order valence-electron chi connectivity index (χ0n) is 22.8. The Balaban J connectivity index is 1.34. The highest BCUT2D eigenvalue weighted by atomic mass is 32.2. The lowest BCUT2D eigenvalue weighted by atomic mass is 9.87. The second-order valence-corrected chi connectivity index (χ2v) is 12.7. The second-order valence-electron chi connectivity index (χ2n) is 11.6. The average molecular weight is 545 g/mol. The number of rotatable bonds is 7. The highest BCUT2D eigenvalue weighted by Crippen LogP contribution is 2.45. The van der Waals surface area contributed by atoms with Gasteiger partial charge in [0, 0.05) is 41.5 Å². The molecule has 1 fully saturated rings. The van der Waals surface area contributed by atoms with Gasteiger partial charge in [-0.2, -0.15) is 0 Å². The number of aromatic hydroxyl groups is 1. The van der Waals surface area contributed by atoms with Crippen molar-refractivity contribution in [3.63, 3.8) is 0 Å². The number of fused-ring (bicyclic) bond motifs is 2. The minimum atomic E-state index is -0.261. The summed E-state index contributed by atoms with van der Waals surface area (Å²) in [6.07, 6.45) is 3.67. The molecule has 6 rings (SSSR count). The van der Waals surface area contributed by atoms with E-state index in [-0.39, 0.29) is 18.3 Å². The molecule has 3 aliphatic rings. The van der Waals surface area contributed by atoms with E-state index < -0.39 is 0 Å². The number of ether oxygens (including phenoxy) is 1. The maximum atomic E-state index is 12.6. The van der Waals surface area contributed by atoms with Gasteiger partial charge in [0.1, 0.15) is 17.6 Å². The van der Waals surface area contributed by atoms with Gasteiger partial charge in [0.25, 0.3) is 0 Å². The van der Waals surface area contributed by atoms with Gasteiger partial charge in [-0.3, -0.25) is 9.29 Å². The molecule has 0 spiro atoms. The Morgan fingerprint density at radius 2 is 1.90 bits per heavy atom. The van der Waals surface area contributed by atoms with Crippen molar-refractivity contribution in [3.8, 4) is 11.5 Å². The van der Waals surface area contributed by atoms with Gasteiger partial charge in [-0.1, -0.05) is 18.2 Å². The second kappa shape index (κ2) is 10.9. The molecule has 3 heterocycles. The topological polar surface area (TPSA) is 44.7 Å². The summed E-state index contributed by atoms with van der Waals surface area (Å²) < 4.78 is 18.9. The fraction of sp³-hybridized carbons (Fsp3) is 0.394. The molecular formula is C33H37FN2O2S. The molecule has 0 saturated carbocycles. The first-order valence-electron chi connectivity index (χ1n) is 14.0. The van der Waals surface area contributed by atoms with Crippen LogP contribution in [0.4, 0.5) is 10.1 Å². The smallest absolute Gasteiger partial charge is 0.119 e. The zero-order chi connectivity index (χ0) is 27.0. The van der Waals surface area contributed by atoms with Crippen molar-refractivity contribution in [3.05, 3.63) is 82.9 Å². The van der Waals surface area contributed by atoms with Crippen LogP contribution < -0.4 is 10.1 Å². The standard InChI is InChI=1S/C33H37FN2O2S/c1-33(2)20-24-18-23(6-11-30(24)35-33)28-13-17-39-31-19-25(37)7-10-29(31)32(28)22-4-8-26(9-5-22)38-27-12-16-36(21-27)15-3-14-34/h4-11,18-19,27,35,37H,3,12-17,20-21H2,1-2H3/t27-/m0/s1. The van der Waals surface area contributed by atoms with E-state index in [0.29, 0.717) is 12.2 Å². The van der Waals surface area contributed by atoms with Crippen molar-refractivity contribution >= 4 is 28.6 Å². The Labute approximate surface area is 235 Å². The maximum Gasteiger partial charge on any atom is 0.119 e. The van der Waals surface area contributed by atoms with Crippen molar-refractivity contribution in [2.75, 3.05) is 37.4 Å². The van der Waals surface area contributed by atoms with Crippen LogP contribution in [0.15, 0.2) is 65.6 Å². The van der Waals surface area contributed by atoms with E-state index in [4.69, 9.17) is 4.74 Å². The maximum absolute atomic E-state index is 12.6. The molecule has 1 atom stereocenters. The fourth-order valence-corrected chi connectivity index (χ4v) is 7.27. The number of phenolic OH excluding ortho intramolecular Hbond substituents is 1. The molecule has 2 N–H and O–H groups in total. The van der Waals surface area contributed by atoms with E-state index in [1.54, 1.807) is 6.07 Å². The van der Waals surface area contributed by atoms with Gasteiger partial charge in [-0.15, -0.1) is 11.8 Å². The normalized spacial score (nSPS) is 20.3. The third-order valence-electron chi connectivity index (χ3n) is 7.99. The van der Waals surface area contributed by atoms with Gasteiger partial charge in [0.2, 0.25) is 0 Å². The van der Waals surface area contributed by atoms with Gasteiger partial charge >= 0.3 is 0 Å². The molecule has 3 aromatic rings. The number of likely N-dealkylation sites (tertiary alicyclic amines) is 1. The summed E-state index contributed by atoms with van der Waals surface area (Å²) in [5.41, 5.74) is 8.82. The van der Waals surface area contributed by atoms with E-state index >= 15 is 0 Å². The summed E-state index contributed by atoms with van der Waals surface area (Å²) in [5.74, 6) is 2.13. The number of halogens is 1. The molecule has 6 heteroatoms.